The third kappa shape index (κ3) is 3.65. The summed E-state index contributed by atoms with van der Waals surface area (Å²) < 4.78 is 5.44. The van der Waals surface area contributed by atoms with E-state index in [0.29, 0.717) is 17.3 Å². The molecule has 0 atom stereocenters. The molecule has 6 nitrogen and oxygen atoms in total. The monoisotopic (exact) mass is 351 g/mol. The van der Waals surface area contributed by atoms with Crippen molar-refractivity contribution in [1.82, 2.24) is 16.0 Å². The number of ether oxygens (including phenoxy) is 1. The van der Waals surface area contributed by atoms with Crippen molar-refractivity contribution in [3.8, 4) is 5.75 Å². The van der Waals surface area contributed by atoms with Gasteiger partial charge in [0.2, 0.25) is 5.91 Å². The molecule has 0 spiro atoms. The molecule has 3 aliphatic carbocycles. The van der Waals surface area contributed by atoms with Gasteiger partial charge < -0.3 is 20.7 Å². The van der Waals surface area contributed by atoms with Gasteiger partial charge in [-0.15, -0.1) is 0 Å². The van der Waals surface area contributed by atoms with Crippen LogP contribution in [0.4, 0.5) is 0 Å². The number of carbonyl (C=O) groups is 2. The Bertz CT molecular complexity index is 613. The summed E-state index contributed by atoms with van der Waals surface area (Å²) in [7, 11) is 0. The highest BCUT2D eigenvalue weighted by atomic mass is 35.5. The van der Waals surface area contributed by atoms with Gasteiger partial charge in [0.1, 0.15) is 5.75 Å². The second kappa shape index (κ2) is 6.61. The standard InChI is InChI=1S/C17H22ClN3O3/c1-2-19-7-14(22)20-16-9-17(10-16,11-16)21-15(23)8-24-13-5-3-12(18)4-6-13/h3-6,19H,2,7-11H2,1H3,(H,20,22)(H,21,23). The largest absolute Gasteiger partial charge is 0.484 e. The minimum Gasteiger partial charge on any atom is -0.484 e. The summed E-state index contributed by atoms with van der Waals surface area (Å²) in [6, 6.07) is 6.89. The molecule has 3 fully saturated rings. The molecule has 0 radical (unpaired) electrons. The molecule has 24 heavy (non-hydrogen) atoms. The lowest BCUT2D eigenvalue weighted by Crippen LogP contribution is -2.84. The van der Waals surface area contributed by atoms with E-state index in [4.69, 9.17) is 16.3 Å². The number of hydrogen-bond acceptors (Lipinski definition) is 4. The second-order valence-electron chi connectivity index (χ2n) is 6.71. The molecule has 3 aliphatic rings. The van der Waals surface area contributed by atoms with Gasteiger partial charge in [0.15, 0.2) is 6.61 Å². The number of hydrogen-bond donors (Lipinski definition) is 3. The lowest BCUT2D eigenvalue weighted by atomic mass is 9.44. The zero-order chi connectivity index (χ0) is 17.2. The summed E-state index contributed by atoms with van der Waals surface area (Å²) in [5.41, 5.74) is -0.275. The first-order valence-corrected chi connectivity index (χ1v) is 8.53. The summed E-state index contributed by atoms with van der Waals surface area (Å²) in [4.78, 5) is 23.8. The summed E-state index contributed by atoms with van der Waals surface area (Å²) in [5, 5.41) is 9.72. The normalized spacial score (nSPS) is 26.8. The van der Waals surface area contributed by atoms with E-state index in [0.717, 1.165) is 25.8 Å². The molecule has 4 rings (SSSR count). The van der Waals surface area contributed by atoms with Gasteiger partial charge in [-0.3, -0.25) is 9.59 Å². The first-order valence-electron chi connectivity index (χ1n) is 8.15. The quantitative estimate of drug-likeness (QED) is 0.658. The molecule has 0 saturated heterocycles. The smallest absolute Gasteiger partial charge is 0.258 e. The summed E-state index contributed by atoms with van der Waals surface area (Å²) in [6.45, 7) is 3.05. The van der Waals surface area contributed by atoms with E-state index in [2.05, 4.69) is 16.0 Å². The highest BCUT2D eigenvalue weighted by Crippen LogP contribution is 2.60. The summed E-state index contributed by atoms with van der Waals surface area (Å²) in [5.74, 6) is 0.485. The fourth-order valence-corrected chi connectivity index (χ4v) is 3.77. The Hall–Kier alpha value is -1.79. The van der Waals surface area contributed by atoms with Crippen LogP contribution in [-0.2, 0) is 9.59 Å². The van der Waals surface area contributed by atoms with Gasteiger partial charge in [0, 0.05) is 16.1 Å². The van der Waals surface area contributed by atoms with Crippen molar-refractivity contribution in [3.63, 3.8) is 0 Å². The van der Waals surface area contributed by atoms with E-state index in [1.165, 1.54) is 0 Å². The predicted octanol–water partition coefficient (Wildman–Crippen LogP) is 1.24. The molecule has 0 aliphatic heterocycles. The lowest BCUT2D eigenvalue weighted by molar-refractivity contribution is -0.150. The predicted molar refractivity (Wildman–Crippen MR) is 91.1 cm³/mol. The third-order valence-electron chi connectivity index (χ3n) is 4.56. The lowest BCUT2D eigenvalue weighted by Gasteiger charge is -2.70. The van der Waals surface area contributed by atoms with Crippen LogP contribution in [0.3, 0.4) is 0 Å². The van der Waals surface area contributed by atoms with E-state index in [1.807, 2.05) is 6.92 Å². The fraction of sp³-hybridized carbons (Fsp3) is 0.529. The average molecular weight is 352 g/mol. The molecule has 130 valence electrons. The highest BCUT2D eigenvalue weighted by Gasteiger charge is 2.69. The van der Waals surface area contributed by atoms with Gasteiger partial charge in [0.25, 0.3) is 5.91 Å². The zero-order valence-corrected chi connectivity index (χ0v) is 14.4. The molecule has 7 heteroatoms. The van der Waals surface area contributed by atoms with Crippen LogP contribution >= 0.6 is 11.6 Å². The Morgan fingerprint density at radius 1 is 1.08 bits per heavy atom. The van der Waals surface area contributed by atoms with Gasteiger partial charge in [-0.25, -0.2) is 0 Å². The molecule has 1 aromatic carbocycles. The fourth-order valence-electron chi connectivity index (χ4n) is 3.64. The number of likely N-dealkylation sites (N-methyl/N-ethyl adjacent to an activating group) is 1. The maximum atomic E-state index is 12.0. The number of carbonyl (C=O) groups excluding carboxylic acids is 2. The average Bonchev–Trinajstić information content (AvgIpc) is 2.49. The maximum Gasteiger partial charge on any atom is 0.258 e. The molecule has 2 amide bonds. The maximum absolute atomic E-state index is 12.0. The van der Waals surface area contributed by atoms with Crippen LogP contribution in [0, 0.1) is 0 Å². The van der Waals surface area contributed by atoms with Crippen LogP contribution in [0.25, 0.3) is 0 Å². The van der Waals surface area contributed by atoms with Crippen molar-refractivity contribution < 1.29 is 14.3 Å². The van der Waals surface area contributed by atoms with E-state index < -0.39 is 0 Å². The topological polar surface area (TPSA) is 79.5 Å². The first-order chi connectivity index (χ1) is 11.4. The van der Waals surface area contributed by atoms with Crippen molar-refractivity contribution >= 4 is 23.4 Å². The molecule has 0 aromatic heterocycles. The summed E-state index contributed by atoms with van der Waals surface area (Å²) in [6.07, 6.45) is 2.39. The van der Waals surface area contributed by atoms with E-state index in [9.17, 15) is 9.59 Å². The van der Waals surface area contributed by atoms with Gasteiger partial charge >= 0.3 is 0 Å². The molecule has 1 aromatic rings. The molecule has 2 bridgehead atoms. The molecular formula is C17H22ClN3O3. The van der Waals surface area contributed by atoms with Crippen LogP contribution in [-0.4, -0.2) is 42.6 Å². The molecule has 3 saturated carbocycles. The molecule has 0 heterocycles. The van der Waals surface area contributed by atoms with E-state index >= 15 is 0 Å². The number of amides is 2. The number of halogens is 1. The minimum atomic E-state index is -0.161. The first kappa shape index (κ1) is 17.0. The van der Waals surface area contributed by atoms with Crippen LogP contribution in [0.15, 0.2) is 24.3 Å². The van der Waals surface area contributed by atoms with Crippen molar-refractivity contribution in [2.75, 3.05) is 19.7 Å². The Morgan fingerprint density at radius 3 is 2.25 bits per heavy atom. The second-order valence-corrected chi connectivity index (χ2v) is 7.15. The van der Waals surface area contributed by atoms with Crippen LogP contribution < -0.4 is 20.7 Å². The van der Waals surface area contributed by atoms with Crippen molar-refractivity contribution in [2.24, 2.45) is 0 Å². The Balaban J connectivity index is 1.37. The summed E-state index contributed by atoms with van der Waals surface area (Å²) >= 11 is 5.80. The van der Waals surface area contributed by atoms with Gasteiger partial charge in [0.05, 0.1) is 6.54 Å². The Morgan fingerprint density at radius 2 is 1.67 bits per heavy atom. The number of nitrogens with one attached hydrogen (secondary N) is 3. The molecule has 3 N–H and O–H groups in total. The van der Waals surface area contributed by atoms with E-state index in [-0.39, 0.29) is 29.5 Å². The molecule has 0 unspecified atom stereocenters. The minimum absolute atomic E-state index is 0.0162. The zero-order valence-electron chi connectivity index (χ0n) is 13.7. The number of benzene rings is 1. The Kier molecular flexibility index (Phi) is 4.69. The van der Waals surface area contributed by atoms with Crippen LogP contribution in [0.1, 0.15) is 26.2 Å². The third-order valence-corrected chi connectivity index (χ3v) is 4.81. The van der Waals surface area contributed by atoms with Crippen molar-refractivity contribution in [2.45, 2.75) is 37.3 Å². The SMILES string of the molecule is CCNCC(=O)NC12CC(NC(=O)COc3ccc(Cl)cc3)(C1)C2. The van der Waals surface area contributed by atoms with Crippen molar-refractivity contribution in [1.29, 1.82) is 0 Å². The van der Waals surface area contributed by atoms with Gasteiger partial charge in [-0.2, -0.15) is 0 Å². The highest BCUT2D eigenvalue weighted by molar-refractivity contribution is 6.30. The Labute approximate surface area is 146 Å². The van der Waals surface area contributed by atoms with Gasteiger partial charge in [-0.1, -0.05) is 18.5 Å². The van der Waals surface area contributed by atoms with Gasteiger partial charge in [-0.05, 0) is 50.1 Å². The van der Waals surface area contributed by atoms with Crippen molar-refractivity contribution in [3.05, 3.63) is 29.3 Å². The van der Waals surface area contributed by atoms with E-state index in [1.54, 1.807) is 24.3 Å². The molecular weight excluding hydrogens is 330 g/mol. The van der Waals surface area contributed by atoms with Crippen LogP contribution in [0.2, 0.25) is 5.02 Å². The number of rotatable bonds is 8. The van der Waals surface area contributed by atoms with Crippen LogP contribution in [0.5, 0.6) is 5.75 Å².